The van der Waals surface area contributed by atoms with Crippen molar-refractivity contribution in [1.29, 1.82) is 0 Å². The van der Waals surface area contributed by atoms with Gasteiger partial charge in [-0.3, -0.25) is 0 Å². The molecule has 0 saturated heterocycles. The summed E-state index contributed by atoms with van der Waals surface area (Å²) in [5, 5.41) is 23.3. The molecule has 2 N–H and O–H groups in total. The molecule has 1 atom stereocenters. The van der Waals surface area contributed by atoms with Crippen molar-refractivity contribution in [3.63, 3.8) is 0 Å². The zero-order chi connectivity index (χ0) is 31.5. The molecule has 2 aliphatic rings. The predicted octanol–water partition coefficient (Wildman–Crippen LogP) is 10.8. The molecule has 224 valence electrons. The monoisotopic (exact) mass is 604 g/mol. The topological polar surface area (TPSA) is 40.5 Å². The summed E-state index contributed by atoms with van der Waals surface area (Å²) in [5.41, 5.74) is 12.5. The van der Waals surface area contributed by atoms with E-state index in [2.05, 4.69) is 140 Å². The van der Waals surface area contributed by atoms with Crippen molar-refractivity contribution in [2.45, 2.75) is 17.8 Å². The van der Waals surface area contributed by atoms with Gasteiger partial charge in [0.15, 0.2) is 0 Å². The van der Waals surface area contributed by atoms with Crippen LogP contribution in [0.25, 0.3) is 39.1 Å². The maximum Gasteiger partial charge on any atom is 0.115 e. The quantitative estimate of drug-likeness (QED) is 0.210. The van der Waals surface area contributed by atoms with E-state index >= 15 is 0 Å². The van der Waals surface area contributed by atoms with Gasteiger partial charge >= 0.3 is 0 Å². The first-order chi connectivity index (χ1) is 23.1. The number of phenols is 2. The molecule has 0 radical (unpaired) electrons. The molecule has 7 aromatic rings. The Morgan fingerprint density at radius 2 is 1.17 bits per heavy atom. The van der Waals surface area contributed by atoms with Gasteiger partial charge in [0.2, 0.25) is 0 Å². The fourth-order valence-electron chi connectivity index (χ4n) is 8.17. The van der Waals surface area contributed by atoms with Gasteiger partial charge in [-0.1, -0.05) is 133 Å². The first-order valence-corrected chi connectivity index (χ1v) is 16.2. The highest BCUT2D eigenvalue weighted by molar-refractivity contribution is 5.98. The van der Waals surface area contributed by atoms with Crippen LogP contribution in [0.2, 0.25) is 0 Å². The van der Waals surface area contributed by atoms with E-state index < -0.39 is 5.41 Å². The second-order valence-corrected chi connectivity index (χ2v) is 12.8. The second-order valence-electron chi connectivity index (χ2n) is 12.8. The number of rotatable bonds is 4. The molecule has 0 bridgehead atoms. The number of phenolic OH excluding ortho intramolecular Hbond substituents is 2. The van der Waals surface area contributed by atoms with E-state index in [1.807, 2.05) is 0 Å². The number of benzene rings is 7. The van der Waals surface area contributed by atoms with Crippen molar-refractivity contribution in [3.05, 3.63) is 197 Å². The maximum atomic E-state index is 10.4. The van der Waals surface area contributed by atoms with Gasteiger partial charge in [0, 0.05) is 5.92 Å². The van der Waals surface area contributed by atoms with Crippen LogP contribution in [0.4, 0.5) is 0 Å². The Morgan fingerprint density at radius 1 is 0.532 bits per heavy atom. The van der Waals surface area contributed by atoms with Gasteiger partial charge in [0.25, 0.3) is 0 Å². The van der Waals surface area contributed by atoms with Gasteiger partial charge in [-0.05, 0) is 109 Å². The van der Waals surface area contributed by atoms with E-state index in [1.165, 1.54) is 55.3 Å². The van der Waals surface area contributed by atoms with Crippen LogP contribution in [0.1, 0.15) is 51.3 Å². The molecule has 2 heteroatoms. The lowest BCUT2D eigenvalue weighted by atomic mass is 9.66. The fourth-order valence-corrected chi connectivity index (χ4v) is 8.17. The van der Waals surface area contributed by atoms with Crippen molar-refractivity contribution in [2.24, 2.45) is 0 Å². The van der Waals surface area contributed by atoms with Crippen LogP contribution in [0.15, 0.2) is 158 Å². The van der Waals surface area contributed by atoms with E-state index in [0.29, 0.717) is 0 Å². The average molecular weight is 605 g/mol. The highest BCUT2D eigenvalue weighted by Gasteiger charge is 2.46. The standard InChI is InChI=1S/C45H32O2/c46-35-21-17-33(18-22-35)45(34-19-23-36(47)24-20-34)43-27-31(39-13-5-9-29-7-1-3-11-37(29)39)15-25-41(43)42-26-16-32(28-44(42)45)40-14-6-10-30-8-2-4-12-38(30)40/h1-13,15-28,40,46-47H,14H2. The summed E-state index contributed by atoms with van der Waals surface area (Å²) in [6.07, 6.45) is 5.47. The summed E-state index contributed by atoms with van der Waals surface area (Å²) in [4.78, 5) is 0. The summed E-state index contributed by atoms with van der Waals surface area (Å²) in [5.74, 6) is 0.711. The van der Waals surface area contributed by atoms with Crippen LogP contribution in [0.5, 0.6) is 11.5 Å². The predicted molar refractivity (Wildman–Crippen MR) is 192 cm³/mol. The van der Waals surface area contributed by atoms with Crippen molar-refractivity contribution >= 4 is 16.8 Å². The lowest BCUT2D eigenvalue weighted by Gasteiger charge is -2.35. The molecular formula is C45H32O2. The number of hydrogen-bond donors (Lipinski definition) is 2. The van der Waals surface area contributed by atoms with Crippen molar-refractivity contribution in [1.82, 2.24) is 0 Å². The Morgan fingerprint density at radius 3 is 1.94 bits per heavy atom. The highest BCUT2D eigenvalue weighted by atomic mass is 16.3. The minimum Gasteiger partial charge on any atom is -0.508 e. The summed E-state index contributed by atoms with van der Waals surface area (Å²) in [6, 6.07) is 53.1. The zero-order valence-electron chi connectivity index (χ0n) is 25.8. The van der Waals surface area contributed by atoms with E-state index in [1.54, 1.807) is 24.3 Å². The molecule has 0 amide bonds. The van der Waals surface area contributed by atoms with Crippen LogP contribution in [0, 0.1) is 0 Å². The molecule has 2 nitrogen and oxygen atoms in total. The van der Waals surface area contributed by atoms with E-state index in [0.717, 1.165) is 23.1 Å². The molecule has 7 aromatic carbocycles. The molecule has 2 aliphatic carbocycles. The Labute approximate surface area is 274 Å². The van der Waals surface area contributed by atoms with Crippen LogP contribution in [-0.2, 0) is 5.41 Å². The fraction of sp³-hybridized carbons (Fsp3) is 0.0667. The summed E-state index contributed by atoms with van der Waals surface area (Å²) >= 11 is 0. The molecular weight excluding hydrogens is 572 g/mol. The van der Waals surface area contributed by atoms with Gasteiger partial charge in [-0.25, -0.2) is 0 Å². The first kappa shape index (κ1) is 27.5. The Bertz CT molecular complexity index is 2290. The van der Waals surface area contributed by atoms with E-state index in [-0.39, 0.29) is 17.4 Å². The van der Waals surface area contributed by atoms with Gasteiger partial charge in [-0.15, -0.1) is 0 Å². The Balaban J connectivity index is 1.35. The third-order valence-electron chi connectivity index (χ3n) is 10.3. The Hall–Kier alpha value is -5.86. The third-order valence-corrected chi connectivity index (χ3v) is 10.3. The minimum atomic E-state index is -0.688. The van der Waals surface area contributed by atoms with Crippen LogP contribution >= 0.6 is 0 Å². The average Bonchev–Trinajstić information content (AvgIpc) is 3.41. The number of aromatic hydroxyl groups is 2. The molecule has 0 fully saturated rings. The van der Waals surface area contributed by atoms with E-state index in [9.17, 15) is 10.2 Å². The Kier molecular flexibility index (Phi) is 6.20. The summed E-state index contributed by atoms with van der Waals surface area (Å²) in [6.45, 7) is 0. The molecule has 0 aromatic heterocycles. The van der Waals surface area contributed by atoms with Gasteiger partial charge in [0.1, 0.15) is 11.5 Å². The molecule has 47 heavy (non-hydrogen) atoms. The van der Waals surface area contributed by atoms with Crippen molar-refractivity contribution in [2.75, 3.05) is 0 Å². The minimum absolute atomic E-state index is 0.233. The molecule has 0 saturated carbocycles. The van der Waals surface area contributed by atoms with Crippen LogP contribution < -0.4 is 0 Å². The third kappa shape index (κ3) is 4.18. The van der Waals surface area contributed by atoms with Gasteiger partial charge in [0.05, 0.1) is 5.41 Å². The second kappa shape index (κ2) is 10.6. The molecule has 9 rings (SSSR count). The number of allylic oxidation sites excluding steroid dienone is 1. The SMILES string of the molecule is Oc1ccc(C2(c3ccc(O)cc3)c3cc(-c4cccc5ccccc45)ccc3-c3ccc(C4CC=Cc5ccccc54)cc32)cc1. The molecule has 1 unspecified atom stereocenters. The highest BCUT2D eigenvalue weighted by Crippen LogP contribution is 2.58. The lowest BCUT2D eigenvalue weighted by molar-refractivity contribution is 0.474. The van der Waals surface area contributed by atoms with Crippen LogP contribution in [-0.4, -0.2) is 10.2 Å². The largest absolute Gasteiger partial charge is 0.508 e. The van der Waals surface area contributed by atoms with E-state index in [4.69, 9.17) is 0 Å². The van der Waals surface area contributed by atoms with Gasteiger partial charge < -0.3 is 10.2 Å². The molecule has 0 aliphatic heterocycles. The lowest BCUT2D eigenvalue weighted by Crippen LogP contribution is -2.28. The molecule has 0 heterocycles. The number of hydrogen-bond acceptors (Lipinski definition) is 2. The molecule has 0 spiro atoms. The summed E-state index contributed by atoms with van der Waals surface area (Å²) < 4.78 is 0. The van der Waals surface area contributed by atoms with Crippen LogP contribution in [0.3, 0.4) is 0 Å². The normalized spacial score (nSPS) is 15.6. The van der Waals surface area contributed by atoms with Crippen molar-refractivity contribution in [3.8, 4) is 33.8 Å². The smallest absolute Gasteiger partial charge is 0.115 e. The van der Waals surface area contributed by atoms with Crippen molar-refractivity contribution < 1.29 is 10.2 Å². The number of fused-ring (bicyclic) bond motifs is 5. The summed E-state index contributed by atoms with van der Waals surface area (Å²) in [7, 11) is 0. The van der Waals surface area contributed by atoms with Gasteiger partial charge in [-0.2, -0.15) is 0 Å². The first-order valence-electron chi connectivity index (χ1n) is 16.2. The zero-order valence-corrected chi connectivity index (χ0v) is 25.8. The maximum absolute atomic E-state index is 10.4.